The van der Waals surface area contributed by atoms with Crippen molar-refractivity contribution in [3.8, 4) is 0 Å². The molecular weight excluding hydrogens is 216 g/mol. The Morgan fingerprint density at radius 2 is 1.19 bits per heavy atom. The molecule has 0 aromatic carbocycles. The Labute approximate surface area is 89.3 Å². The van der Waals surface area contributed by atoms with E-state index in [0.29, 0.717) is 11.6 Å². The molecule has 2 heterocycles. The van der Waals surface area contributed by atoms with Gasteiger partial charge in [0.1, 0.15) is 0 Å². The number of nitrogens with two attached hydrogens (primary N) is 4. The van der Waals surface area contributed by atoms with E-state index >= 15 is 0 Å². The highest BCUT2D eigenvalue weighted by atomic mass is 16.0. The molecule has 0 aliphatic heterocycles. The smallest absolute Gasteiger partial charge is 0.240 e. The maximum absolute atomic E-state index is 5.54. The van der Waals surface area contributed by atoms with Crippen LogP contribution in [0.1, 0.15) is 11.6 Å². The van der Waals surface area contributed by atoms with Crippen LogP contribution in [-0.2, 0) is 6.42 Å². The van der Waals surface area contributed by atoms with E-state index in [2.05, 4.69) is 20.4 Å². The summed E-state index contributed by atoms with van der Waals surface area (Å²) in [5.74, 6) is 12.2. The minimum atomic E-state index is 0. The summed E-state index contributed by atoms with van der Waals surface area (Å²) < 4.78 is 2.29. The van der Waals surface area contributed by atoms with Gasteiger partial charge in [0.25, 0.3) is 0 Å². The number of rotatable bonds is 2. The topological polar surface area (TPSA) is 197 Å². The van der Waals surface area contributed by atoms with Gasteiger partial charge in [0.05, 0.1) is 6.42 Å². The zero-order valence-corrected chi connectivity index (χ0v) is 8.20. The van der Waals surface area contributed by atoms with Gasteiger partial charge in [-0.1, -0.05) is 0 Å². The molecule has 0 amide bonds. The average molecular weight is 228 g/mol. The Balaban J connectivity index is 0.00000128. The highest BCUT2D eigenvalue weighted by Gasteiger charge is 2.12. The number of anilines is 2. The lowest BCUT2D eigenvalue weighted by Gasteiger charge is -2.01. The Bertz CT molecular complexity index is 441. The van der Waals surface area contributed by atoms with Crippen LogP contribution >= 0.6 is 0 Å². The molecule has 0 saturated heterocycles. The maximum Gasteiger partial charge on any atom is 0.240 e. The second kappa shape index (κ2) is 3.90. The third-order valence-electron chi connectivity index (χ3n) is 1.90. The first-order chi connectivity index (χ1) is 7.09. The van der Waals surface area contributed by atoms with E-state index in [4.69, 9.17) is 23.2 Å². The zero-order chi connectivity index (χ0) is 11.0. The fourth-order valence-electron chi connectivity index (χ4n) is 1.06. The van der Waals surface area contributed by atoms with Crippen molar-refractivity contribution in [1.29, 1.82) is 0 Å². The van der Waals surface area contributed by atoms with Gasteiger partial charge >= 0.3 is 0 Å². The first kappa shape index (κ1) is 11.5. The number of hydrogen-bond donors (Lipinski definition) is 4. The molecule has 0 saturated carbocycles. The maximum atomic E-state index is 5.54. The molecule has 88 valence electrons. The predicted octanol–water partition coefficient (Wildman–Crippen LogP) is -3.77. The van der Waals surface area contributed by atoms with Crippen LogP contribution in [0, 0.1) is 0 Å². The fourth-order valence-corrected chi connectivity index (χ4v) is 1.06. The van der Waals surface area contributed by atoms with Crippen molar-refractivity contribution in [3.05, 3.63) is 11.6 Å². The molecule has 2 rings (SSSR count). The summed E-state index contributed by atoms with van der Waals surface area (Å²) in [4.78, 5) is 0. The molecule has 11 heteroatoms. The van der Waals surface area contributed by atoms with Gasteiger partial charge in [0.2, 0.25) is 11.9 Å². The van der Waals surface area contributed by atoms with Crippen molar-refractivity contribution < 1.29 is 5.48 Å². The van der Waals surface area contributed by atoms with Gasteiger partial charge in [0, 0.05) is 0 Å². The first-order valence-electron chi connectivity index (χ1n) is 3.99. The van der Waals surface area contributed by atoms with E-state index in [1.165, 1.54) is 0 Å². The number of nitrogens with zero attached hydrogens (tertiary/aromatic N) is 6. The lowest BCUT2D eigenvalue weighted by molar-refractivity contribution is 0.800. The van der Waals surface area contributed by atoms with E-state index in [1.807, 2.05) is 0 Å². The van der Waals surface area contributed by atoms with Gasteiger partial charge in [-0.2, -0.15) is 0 Å². The average Bonchev–Trinajstić information content (AvgIpc) is 2.68. The molecular formula is C5H12N10O. The van der Waals surface area contributed by atoms with E-state index < -0.39 is 0 Å². The normalized spacial score (nSPS) is 10.0. The Kier molecular flexibility index (Phi) is 2.80. The summed E-state index contributed by atoms with van der Waals surface area (Å²) in [5, 5.41) is 14.7. The third-order valence-corrected chi connectivity index (χ3v) is 1.90. The van der Waals surface area contributed by atoms with E-state index in [-0.39, 0.29) is 23.8 Å². The molecule has 0 atom stereocenters. The monoisotopic (exact) mass is 228 g/mol. The van der Waals surface area contributed by atoms with Gasteiger partial charge in [0.15, 0.2) is 11.6 Å². The van der Waals surface area contributed by atoms with Gasteiger partial charge in [-0.3, -0.25) is 0 Å². The van der Waals surface area contributed by atoms with Crippen LogP contribution in [0.25, 0.3) is 0 Å². The summed E-state index contributed by atoms with van der Waals surface area (Å²) in [7, 11) is 0. The van der Waals surface area contributed by atoms with Crippen LogP contribution in [0.3, 0.4) is 0 Å². The second-order valence-corrected chi connectivity index (χ2v) is 2.87. The van der Waals surface area contributed by atoms with Crippen molar-refractivity contribution in [1.82, 2.24) is 29.7 Å². The minimum Gasteiger partial charge on any atom is -0.412 e. The van der Waals surface area contributed by atoms with E-state index in [0.717, 1.165) is 9.35 Å². The molecule has 0 bridgehead atoms. The van der Waals surface area contributed by atoms with E-state index in [1.54, 1.807) is 0 Å². The summed E-state index contributed by atoms with van der Waals surface area (Å²) in [6, 6.07) is 0. The van der Waals surface area contributed by atoms with Gasteiger partial charge in [-0.15, -0.1) is 20.4 Å². The molecule has 0 unspecified atom stereocenters. The molecule has 2 aromatic rings. The van der Waals surface area contributed by atoms with Gasteiger partial charge in [-0.05, 0) is 0 Å². The molecule has 0 aliphatic rings. The zero-order valence-electron chi connectivity index (χ0n) is 8.20. The summed E-state index contributed by atoms with van der Waals surface area (Å²) in [6.45, 7) is 0. The predicted molar refractivity (Wildman–Crippen MR) is 55.6 cm³/mol. The Morgan fingerprint density at radius 1 is 0.812 bits per heavy atom. The number of nitrogen functional groups attached to an aromatic ring is 4. The van der Waals surface area contributed by atoms with Crippen molar-refractivity contribution in [2.24, 2.45) is 0 Å². The lowest BCUT2D eigenvalue weighted by Crippen LogP contribution is -2.20. The summed E-state index contributed by atoms with van der Waals surface area (Å²) >= 11 is 0. The largest absolute Gasteiger partial charge is 0.412 e. The molecule has 0 aliphatic carbocycles. The summed E-state index contributed by atoms with van der Waals surface area (Å²) in [6.07, 6.45) is 0.251. The van der Waals surface area contributed by atoms with Crippen LogP contribution in [0.5, 0.6) is 0 Å². The van der Waals surface area contributed by atoms with Crippen LogP contribution in [-0.4, -0.2) is 35.2 Å². The Morgan fingerprint density at radius 3 is 1.44 bits per heavy atom. The third kappa shape index (κ3) is 1.66. The number of aromatic nitrogens is 6. The van der Waals surface area contributed by atoms with Crippen molar-refractivity contribution in [2.75, 3.05) is 23.2 Å². The van der Waals surface area contributed by atoms with Crippen molar-refractivity contribution in [3.63, 3.8) is 0 Å². The van der Waals surface area contributed by atoms with Crippen LogP contribution in [0.2, 0.25) is 0 Å². The highest BCUT2D eigenvalue weighted by molar-refractivity contribution is 5.22. The van der Waals surface area contributed by atoms with Crippen LogP contribution in [0.15, 0.2) is 0 Å². The van der Waals surface area contributed by atoms with Crippen LogP contribution < -0.4 is 23.2 Å². The molecule has 16 heavy (non-hydrogen) atoms. The first-order valence-corrected chi connectivity index (χ1v) is 3.99. The van der Waals surface area contributed by atoms with Crippen molar-refractivity contribution in [2.45, 2.75) is 6.42 Å². The SMILES string of the molecule is Nc1nnc(Cc2nnc(N)n2N)n1N.O. The highest BCUT2D eigenvalue weighted by Crippen LogP contribution is 2.05. The van der Waals surface area contributed by atoms with E-state index in [9.17, 15) is 0 Å². The van der Waals surface area contributed by atoms with Gasteiger partial charge in [-0.25, -0.2) is 9.35 Å². The second-order valence-electron chi connectivity index (χ2n) is 2.87. The fraction of sp³-hybridized carbons (Fsp3) is 0.200. The molecule has 0 fully saturated rings. The molecule has 0 radical (unpaired) electrons. The van der Waals surface area contributed by atoms with Crippen LogP contribution in [0.4, 0.5) is 11.9 Å². The number of hydrogen-bond acceptors (Lipinski definition) is 8. The molecule has 2 aromatic heterocycles. The molecule has 11 nitrogen and oxygen atoms in total. The summed E-state index contributed by atoms with van der Waals surface area (Å²) in [5.41, 5.74) is 10.8. The Hall–Kier alpha value is -2.56. The quantitative estimate of drug-likeness (QED) is 0.375. The van der Waals surface area contributed by atoms with Crippen molar-refractivity contribution >= 4 is 11.9 Å². The lowest BCUT2D eigenvalue weighted by atomic mass is 10.4. The standard InChI is InChI=1S/C5H10N10.H2O/c6-4-12-10-2(14(4)8)1-3-11-13-5(7)15(3)9;/h1,8-9H2,(H2,6,12)(H2,7,13);1H2. The van der Waals surface area contributed by atoms with Gasteiger partial charge < -0.3 is 28.6 Å². The molecule has 0 spiro atoms. The molecule has 10 N–H and O–H groups in total. The minimum absolute atomic E-state index is 0.